The van der Waals surface area contributed by atoms with Crippen molar-refractivity contribution in [1.82, 2.24) is 5.32 Å². The van der Waals surface area contributed by atoms with Gasteiger partial charge in [-0.25, -0.2) is 0 Å². The number of para-hydroxylation sites is 1. The number of nitrogens with one attached hydrogen (secondary N) is 1. The third-order valence-electron chi connectivity index (χ3n) is 3.30. The minimum atomic E-state index is -0.520. The van der Waals surface area contributed by atoms with Gasteiger partial charge in [0.2, 0.25) is 0 Å². The zero-order valence-corrected chi connectivity index (χ0v) is 9.44. The van der Waals surface area contributed by atoms with Crippen LogP contribution >= 0.6 is 0 Å². The summed E-state index contributed by atoms with van der Waals surface area (Å²) in [5.74, 6) is -0.610. The Balaban J connectivity index is 2.17. The molecule has 0 radical (unpaired) electrons. The van der Waals surface area contributed by atoms with Gasteiger partial charge in [0, 0.05) is 0 Å². The van der Waals surface area contributed by atoms with Gasteiger partial charge in [0.25, 0.3) is 5.91 Å². The lowest BCUT2D eigenvalue weighted by atomic mass is 9.77. The number of nitrogens with two attached hydrogens (primary N) is 1. The van der Waals surface area contributed by atoms with E-state index in [2.05, 4.69) is 5.32 Å². The van der Waals surface area contributed by atoms with E-state index >= 15 is 0 Å². The SMILES string of the molecule is Nc1cccc(C(=O)NC2(CO)CCC2)c1O. The summed E-state index contributed by atoms with van der Waals surface area (Å²) in [6, 6.07) is 4.64. The van der Waals surface area contributed by atoms with Crippen molar-refractivity contribution in [3.63, 3.8) is 0 Å². The van der Waals surface area contributed by atoms with Crippen LogP contribution in [-0.4, -0.2) is 28.3 Å². The van der Waals surface area contributed by atoms with E-state index < -0.39 is 11.4 Å². The molecule has 1 amide bonds. The standard InChI is InChI=1S/C12H16N2O3/c13-9-4-1-3-8(10(9)16)11(17)14-12(7-15)5-2-6-12/h1,3-4,15-16H,2,5-7,13H2,(H,14,17). The first-order chi connectivity index (χ1) is 8.08. The molecule has 1 aromatic carbocycles. The number of phenolic OH excluding ortho intramolecular Hbond substituents is 1. The number of aliphatic hydroxyl groups is 1. The maximum Gasteiger partial charge on any atom is 0.255 e. The quantitative estimate of drug-likeness (QED) is 0.457. The van der Waals surface area contributed by atoms with Gasteiger partial charge in [-0.2, -0.15) is 0 Å². The van der Waals surface area contributed by atoms with Gasteiger partial charge in [0.15, 0.2) is 5.75 Å². The predicted octanol–water partition coefficient (Wildman–Crippen LogP) is 0.619. The number of aromatic hydroxyl groups is 1. The van der Waals surface area contributed by atoms with Crippen LogP contribution < -0.4 is 11.1 Å². The molecular weight excluding hydrogens is 220 g/mol. The van der Waals surface area contributed by atoms with Crippen molar-refractivity contribution in [1.29, 1.82) is 0 Å². The molecule has 5 N–H and O–H groups in total. The highest BCUT2D eigenvalue weighted by atomic mass is 16.3. The smallest absolute Gasteiger partial charge is 0.255 e. The number of aliphatic hydroxyl groups excluding tert-OH is 1. The predicted molar refractivity (Wildman–Crippen MR) is 63.7 cm³/mol. The molecule has 1 saturated carbocycles. The molecule has 0 aliphatic heterocycles. The third kappa shape index (κ3) is 2.06. The highest BCUT2D eigenvalue weighted by molar-refractivity contribution is 5.98. The lowest BCUT2D eigenvalue weighted by Gasteiger charge is -2.41. The van der Waals surface area contributed by atoms with Crippen molar-refractivity contribution in [2.75, 3.05) is 12.3 Å². The number of phenols is 1. The molecule has 0 saturated heterocycles. The van der Waals surface area contributed by atoms with Gasteiger partial charge in [-0.3, -0.25) is 4.79 Å². The minimum Gasteiger partial charge on any atom is -0.505 e. The first-order valence-corrected chi connectivity index (χ1v) is 5.59. The zero-order valence-electron chi connectivity index (χ0n) is 9.44. The van der Waals surface area contributed by atoms with Gasteiger partial charge in [-0.1, -0.05) is 6.07 Å². The van der Waals surface area contributed by atoms with Gasteiger partial charge in [-0.15, -0.1) is 0 Å². The molecule has 1 aliphatic rings. The van der Waals surface area contributed by atoms with Crippen molar-refractivity contribution in [3.05, 3.63) is 23.8 Å². The van der Waals surface area contributed by atoms with E-state index in [1.54, 1.807) is 6.07 Å². The van der Waals surface area contributed by atoms with Crippen LogP contribution in [-0.2, 0) is 0 Å². The minimum absolute atomic E-state index is 0.0815. The molecule has 1 aliphatic carbocycles. The van der Waals surface area contributed by atoms with Crippen LogP contribution in [0.25, 0.3) is 0 Å². The highest BCUT2D eigenvalue weighted by Crippen LogP contribution is 2.32. The van der Waals surface area contributed by atoms with Crippen LogP contribution in [0.5, 0.6) is 5.75 Å². The Morgan fingerprint density at radius 2 is 2.18 bits per heavy atom. The number of carbonyl (C=O) groups excluding carboxylic acids is 1. The Morgan fingerprint density at radius 1 is 1.47 bits per heavy atom. The van der Waals surface area contributed by atoms with E-state index in [1.807, 2.05) is 0 Å². The highest BCUT2D eigenvalue weighted by Gasteiger charge is 2.38. The van der Waals surface area contributed by atoms with Crippen molar-refractivity contribution >= 4 is 11.6 Å². The van der Waals surface area contributed by atoms with Gasteiger partial charge >= 0.3 is 0 Å². The van der Waals surface area contributed by atoms with Gasteiger partial charge in [0.05, 0.1) is 23.4 Å². The summed E-state index contributed by atoms with van der Waals surface area (Å²) in [6.07, 6.45) is 2.51. The summed E-state index contributed by atoms with van der Waals surface area (Å²) in [7, 11) is 0. The number of hydrogen-bond donors (Lipinski definition) is 4. The van der Waals surface area contributed by atoms with E-state index in [-0.39, 0.29) is 23.6 Å². The van der Waals surface area contributed by atoms with E-state index in [4.69, 9.17) is 5.73 Å². The van der Waals surface area contributed by atoms with Gasteiger partial charge in [-0.05, 0) is 31.4 Å². The maximum atomic E-state index is 11.9. The average Bonchev–Trinajstić information content (AvgIpc) is 2.27. The summed E-state index contributed by atoms with van der Waals surface area (Å²) in [4.78, 5) is 11.9. The number of hydrogen-bond acceptors (Lipinski definition) is 4. The number of amides is 1. The Bertz CT molecular complexity index is 436. The number of rotatable bonds is 3. The van der Waals surface area contributed by atoms with Gasteiger partial charge < -0.3 is 21.3 Å². The Hall–Kier alpha value is -1.75. The lowest BCUT2D eigenvalue weighted by molar-refractivity contribution is 0.0639. The first kappa shape index (κ1) is 11.7. The molecule has 0 unspecified atom stereocenters. The van der Waals surface area contributed by atoms with Crippen LogP contribution in [0.1, 0.15) is 29.6 Å². The Labute approximate surface area is 99.3 Å². The number of carbonyl (C=O) groups is 1. The molecule has 17 heavy (non-hydrogen) atoms. The molecule has 0 atom stereocenters. The van der Waals surface area contributed by atoms with Gasteiger partial charge in [0.1, 0.15) is 0 Å². The molecule has 2 rings (SSSR count). The van der Waals surface area contributed by atoms with Crippen LogP contribution in [0.2, 0.25) is 0 Å². The van der Waals surface area contributed by atoms with E-state index in [9.17, 15) is 15.0 Å². The second-order valence-corrected chi connectivity index (χ2v) is 4.49. The van der Waals surface area contributed by atoms with Crippen LogP contribution in [0, 0.1) is 0 Å². The fourth-order valence-electron chi connectivity index (χ4n) is 1.98. The topological polar surface area (TPSA) is 95.6 Å². The summed E-state index contributed by atoms with van der Waals surface area (Å²) in [6.45, 7) is -0.0815. The first-order valence-electron chi connectivity index (χ1n) is 5.59. The van der Waals surface area contributed by atoms with E-state index in [1.165, 1.54) is 12.1 Å². The molecule has 5 heteroatoms. The molecule has 1 fully saturated rings. The van der Waals surface area contributed by atoms with E-state index in [0.29, 0.717) is 0 Å². The van der Waals surface area contributed by atoms with Crippen molar-refractivity contribution < 1.29 is 15.0 Å². The molecule has 0 bridgehead atoms. The van der Waals surface area contributed by atoms with Crippen molar-refractivity contribution in [3.8, 4) is 5.75 Å². The largest absolute Gasteiger partial charge is 0.505 e. The summed E-state index contributed by atoms with van der Waals surface area (Å²) in [5.41, 5.74) is 5.32. The second kappa shape index (κ2) is 4.25. The molecule has 1 aromatic rings. The lowest BCUT2D eigenvalue weighted by Crippen LogP contribution is -2.56. The second-order valence-electron chi connectivity index (χ2n) is 4.49. The molecule has 0 aromatic heterocycles. The molecule has 0 spiro atoms. The third-order valence-corrected chi connectivity index (χ3v) is 3.30. The maximum absolute atomic E-state index is 11.9. The average molecular weight is 236 g/mol. The zero-order chi connectivity index (χ0) is 12.5. The van der Waals surface area contributed by atoms with Crippen LogP contribution in [0.15, 0.2) is 18.2 Å². The number of benzene rings is 1. The summed E-state index contributed by atoms with van der Waals surface area (Å²) >= 11 is 0. The normalized spacial score (nSPS) is 17.2. The Morgan fingerprint density at radius 3 is 2.71 bits per heavy atom. The van der Waals surface area contributed by atoms with E-state index in [0.717, 1.165) is 19.3 Å². The van der Waals surface area contributed by atoms with Crippen LogP contribution in [0.4, 0.5) is 5.69 Å². The summed E-state index contributed by atoms with van der Waals surface area (Å²) < 4.78 is 0. The summed E-state index contributed by atoms with van der Waals surface area (Å²) in [5, 5.41) is 21.7. The molecular formula is C12H16N2O3. The monoisotopic (exact) mass is 236 g/mol. The fourth-order valence-corrected chi connectivity index (χ4v) is 1.98. The molecule has 92 valence electrons. The fraction of sp³-hybridized carbons (Fsp3) is 0.417. The Kier molecular flexibility index (Phi) is 2.93. The van der Waals surface area contributed by atoms with Crippen molar-refractivity contribution in [2.45, 2.75) is 24.8 Å². The van der Waals surface area contributed by atoms with Crippen molar-refractivity contribution in [2.24, 2.45) is 0 Å². The number of anilines is 1. The van der Waals surface area contributed by atoms with Crippen LogP contribution in [0.3, 0.4) is 0 Å². The number of nitrogen functional groups attached to an aromatic ring is 1. The molecule has 5 nitrogen and oxygen atoms in total. The molecule has 0 heterocycles.